The molecule has 1 amide bonds. The Hall–Kier alpha value is -2.44. The number of benzene rings is 1. The van der Waals surface area contributed by atoms with E-state index in [2.05, 4.69) is 13.8 Å². The van der Waals surface area contributed by atoms with Gasteiger partial charge in [-0.3, -0.25) is 14.9 Å². The molecule has 2 rings (SSSR count). The highest BCUT2D eigenvalue weighted by Crippen LogP contribution is 2.21. The molecule has 7 heteroatoms. The monoisotopic (exact) mass is 320 g/mol. The molecule has 1 aromatic rings. The summed E-state index contributed by atoms with van der Waals surface area (Å²) in [6.45, 7) is 5.16. The lowest BCUT2D eigenvalue weighted by Gasteiger charge is -2.34. The molecular weight excluding hydrogens is 300 g/mol. The third-order valence-corrected chi connectivity index (χ3v) is 3.84. The highest BCUT2D eigenvalue weighted by atomic mass is 16.6. The number of esters is 1. The lowest BCUT2D eigenvalue weighted by Crippen LogP contribution is -2.44. The summed E-state index contributed by atoms with van der Waals surface area (Å²) in [5.74, 6) is -0.118. The Morgan fingerprint density at radius 2 is 1.96 bits per heavy atom. The Balaban J connectivity index is 1.92. The van der Waals surface area contributed by atoms with E-state index in [1.165, 1.54) is 18.2 Å². The number of nitrogens with zero attached hydrogens (tertiary/aromatic N) is 2. The minimum Gasteiger partial charge on any atom is -0.452 e. The van der Waals surface area contributed by atoms with Gasteiger partial charge in [0.15, 0.2) is 6.61 Å². The summed E-state index contributed by atoms with van der Waals surface area (Å²) in [6.07, 6.45) is 1.08. The van der Waals surface area contributed by atoms with Crippen LogP contribution in [0.15, 0.2) is 24.3 Å². The minimum atomic E-state index is -0.736. The second kappa shape index (κ2) is 7.21. The van der Waals surface area contributed by atoms with E-state index in [-0.39, 0.29) is 23.8 Å². The normalized spacial score (nSPS) is 20.9. The molecular formula is C16H20N2O5. The van der Waals surface area contributed by atoms with Gasteiger partial charge in [-0.2, -0.15) is 0 Å². The number of nitro groups is 1. The summed E-state index contributed by atoms with van der Waals surface area (Å²) < 4.78 is 5.00. The number of carbonyl (C=O) groups is 2. The van der Waals surface area contributed by atoms with Crippen LogP contribution in [0.5, 0.6) is 0 Å². The fourth-order valence-electron chi connectivity index (χ4n) is 2.91. The number of carbonyl (C=O) groups excluding carboxylic acids is 2. The van der Waals surface area contributed by atoms with E-state index in [1.807, 2.05) is 0 Å². The summed E-state index contributed by atoms with van der Waals surface area (Å²) >= 11 is 0. The smallest absolute Gasteiger partial charge is 0.338 e. The molecule has 1 heterocycles. The van der Waals surface area contributed by atoms with Crippen molar-refractivity contribution in [1.29, 1.82) is 0 Å². The number of nitro benzene ring substituents is 1. The number of hydrogen-bond acceptors (Lipinski definition) is 5. The fraction of sp³-hybridized carbons (Fsp3) is 0.500. The maximum atomic E-state index is 12.1. The van der Waals surface area contributed by atoms with Gasteiger partial charge in [0.05, 0.1) is 10.5 Å². The van der Waals surface area contributed by atoms with Gasteiger partial charge in [0, 0.05) is 25.2 Å². The van der Waals surface area contributed by atoms with Gasteiger partial charge < -0.3 is 9.64 Å². The quantitative estimate of drug-likeness (QED) is 0.482. The van der Waals surface area contributed by atoms with Crippen molar-refractivity contribution < 1.29 is 19.2 Å². The first-order valence-electron chi connectivity index (χ1n) is 7.56. The molecule has 124 valence electrons. The van der Waals surface area contributed by atoms with Crippen LogP contribution in [0.25, 0.3) is 0 Å². The molecule has 1 fully saturated rings. The zero-order chi connectivity index (χ0) is 17.0. The van der Waals surface area contributed by atoms with Crippen molar-refractivity contribution >= 4 is 17.6 Å². The van der Waals surface area contributed by atoms with Crippen LogP contribution in [-0.2, 0) is 9.53 Å². The van der Waals surface area contributed by atoms with Crippen LogP contribution in [0, 0.1) is 22.0 Å². The van der Waals surface area contributed by atoms with E-state index in [0.717, 1.165) is 12.5 Å². The third kappa shape index (κ3) is 4.51. The maximum absolute atomic E-state index is 12.1. The zero-order valence-electron chi connectivity index (χ0n) is 13.2. The van der Waals surface area contributed by atoms with E-state index in [9.17, 15) is 19.7 Å². The van der Waals surface area contributed by atoms with Crippen molar-refractivity contribution in [2.75, 3.05) is 19.7 Å². The summed E-state index contributed by atoms with van der Waals surface area (Å²) in [7, 11) is 0. The van der Waals surface area contributed by atoms with Crippen LogP contribution < -0.4 is 0 Å². The summed E-state index contributed by atoms with van der Waals surface area (Å²) in [4.78, 5) is 35.9. The molecule has 23 heavy (non-hydrogen) atoms. The van der Waals surface area contributed by atoms with Crippen molar-refractivity contribution in [3.8, 4) is 0 Å². The molecule has 1 aromatic carbocycles. The third-order valence-electron chi connectivity index (χ3n) is 3.84. The fourth-order valence-corrected chi connectivity index (χ4v) is 2.91. The van der Waals surface area contributed by atoms with Crippen LogP contribution in [-0.4, -0.2) is 41.4 Å². The Morgan fingerprint density at radius 3 is 2.57 bits per heavy atom. The average Bonchev–Trinajstić information content (AvgIpc) is 2.51. The topological polar surface area (TPSA) is 89.8 Å². The molecule has 1 aliphatic rings. The van der Waals surface area contributed by atoms with Gasteiger partial charge in [-0.25, -0.2) is 4.79 Å². The Bertz CT molecular complexity index is 606. The highest BCUT2D eigenvalue weighted by molar-refractivity contribution is 5.91. The molecule has 0 spiro atoms. The number of non-ortho nitro benzene ring substituents is 1. The molecule has 1 aliphatic heterocycles. The molecule has 0 bridgehead atoms. The summed E-state index contributed by atoms with van der Waals surface area (Å²) in [5.41, 5.74) is -0.128. The largest absolute Gasteiger partial charge is 0.452 e. The van der Waals surface area contributed by atoms with Crippen LogP contribution >= 0.6 is 0 Å². The second-order valence-corrected chi connectivity index (χ2v) is 6.13. The maximum Gasteiger partial charge on any atom is 0.338 e. The molecule has 2 atom stereocenters. The SMILES string of the molecule is C[C@@H]1C[C@@H](C)CN(C(=O)COC(=O)c2cccc([N+](=O)[O-])c2)C1. The standard InChI is InChI=1S/C16H20N2O5/c1-11-6-12(2)9-17(8-11)15(19)10-23-16(20)13-4-3-5-14(7-13)18(21)22/h3-5,7,11-12H,6,8-10H2,1-2H3/t11-,12-/m1/s1. The lowest BCUT2D eigenvalue weighted by molar-refractivity contribution is -0.384. The average molecular weight is 320 g/mol. The van der Waals surface area contributed by atoms with Gasteiger partial charge in [0.1, 0.15) is 0 Å². The van der Waals surface area contributed by atoms with Crippen LogP contribution in [0.3, 0.4) is 0 Å². The first-order valence-corrected chi connectivity index (χ1v) is 7.56. The van der Waals surface area contributed by atoms with Crippen LogP contribution in [0.2, 0.25) is 0 Å². The van der Waals surface area contributed by atoms with Crippen molar-refractivity contribution in [2.45, 2.75) is 20.3 Å². The van der Waals surface area contributed by atoms with Gasteiger partial charge in [0.25, 0.3) is 11.6 Å². The Kier molecular flexibility index (Phi) is 5.31. The minimum absolute atomic E-state index is 0.0624. The predicted molar refractivity (Wildman–Crippen MR) is 82.9 cm³/mol. The molecule has 0 saturated carbocycles. The van der Waals surface area contributed by atoms with Crippen molar-refractivity contribution in [2.24, 2.45) is 11.8 Å². The number of hydrogen-bond donors (Lipinski definition) is 0. The second-order valence-electron chi connectivity index (χ2n) is 6.13. The first kappa shape index (κ1) is 16.9. The zero-order valence-corrected chi connectivity index (χ0v) is 13.2. The van der Waals surface area contributed by atoms with Gasteiger partial charge in [-0.05, 0) is 24.3 Å². The van der Waals surface area contributed by atoms with Gasteiger partial charge >= 0.3 is 5.97 Å². The Labute approximate surface area is 134 Å². The highest BCUT2D eigenvalue weighted by Gasteiger charge is 2.26. The van der Waals surface area contributed by atoms with E-state index in [1.54, 1.807) is 4.90 Å². The first-order chi connectivity index (χ1) is 10.9. The summed E-state index contributed by atoms with van der Waals surface area (Å²) in [6, 6.07) is 5.26. The van der Waals surface area contributed by atoms with Gasteiger partial charge in [-0.15, -0.1) is 0 Å². The molecule has 0 aliphatic carbocycles. The van der Waals surface area contributed by atoms with E-state index >= 15 is 0 Å². The van der Waals surface area contributed by atoms with E-state index in [4.69, 9.17) is 4.74 Å². The Morgan fingerprint density at radius 1 is 1.30 bits per heavy atom. The lowest BCUT2D eigenvalue weighted by atomic mass is 9.92. The number of rotatable bonds is 4. The molecule has 0 unspecified atom stereocenters. The van der Waals surface area contributed by atoms with Crippen LogP contribution in [0.1, 0.15) is 30.6 Å². The van der Waals surface area contributed by atoms with E-state index in [0.29, 0.717) is 24.9 Å². The molecule has 1 saturated heterocycles. The molecule has 0 aromatic heterocycles. The van der Waals surface area contributed by atoms with Gasteiger partial charge in [0.2, 0.25) is 0 Å². The molecule has 0 radical (unpaired) electrons. The predicted octanol–water partition coefficient (Wildman–Crippen LogP) is 2.26. The molecule has 0 N–H and O–H groups in total. The number of ether oxygens (including phenoxy) is 1. The van der Waals surface area contributed by atoms with Crippen molar-refractivity contribution in [3.05, 3.63) is 39.9 Å². The van der Waals surface area contributed by atoms with Crippen LogP contribution in [0.4, 0.5) is 5.69 Å². The van der Waals surface area contributed by atoms with Gasteiger partial charge in [-0.1, -0.05) is 19.9 Å². The van der Waals surface area contributed by atoms with Crippen molar-refractivity contribution in [3.63, 3.8) is 0 Å². The van der Waals surface area contributed by atoms with E-state index < -0.39 is 10.9 Å². The van der Waals surface area contributed by atoms with Crippen molar-refractivity contribution in [1.82, 2.24) is 4.90 Å². The number of amides is 1. The number of piperidine rings is 1. The number of likely N-dealkylation sites (tertiary alicyclic amines) is 1. The molecule has 7 nitrogen and oxygen atoms in total. The summed E-state index contributed by atoms with van der Waals surface area (Å²) in [5, 5.41) is 10.7.